The molecule has 0 saturated heterocycles. The van der Waals surface area contributed by atoms with Crippen LogP contribution < -0.4 is 5.32 Å². The molecule has 0 atom stereocenters. The van der Waals surface area contributed by atoms with Gasteiger partial charge in [-0.15, -0.1) is 11.8 Å². The van der Waals surface area contributed by atoms with Crippen LogP contribution in [0.1, 0.15) is 0 Å². The van der Waals surface area contributed by atoms with Gasteiger partial charge in [0.1, 0.15) is 11.6 Å². The van der Waals surface area contributed by atoms with Crippen LogP contribution in [0, 0.1) is 11.6 Å². The van der Waals surface area contributed by atoms with E-state index >= 15 is 0 Å². The van der Waals surface area contributed by atoms with E-state index < -0.39 is 0 Å². The summed E-state index contributed by atoms with van der Waals surface area (Å²) in [5.74, 6) is 0.316. The number of nitrogens with one attached hydrogen (secondary N) is 1. The van der Waals surface area contributed by atoms with Crippen LogP contribution in [0.5, 0.6) is 0 Å². The molecule has 0 aromatic heterocycles. The Morgan fingerprint density at radius 3 is 2.39 bits per heavy atom. The largest absolute Gasteiger partial charge is 0.384 e. The molecule has 0 radical (unpaired) electrons. The van der Waals surface area contributed by atoms with Gasteiger partial charge >= 0.3 is 0 Å². The fourth-order valence-corrected chi connectivity index (χ4v) is 2.33. The second kappa shape index (κ2) is 6.40. The van der Waals surface area contributed by atoms with Gasteiger partial charge in [0.2, 0.25) is 0 Å². The lowest BCUT2D eigenvalue weighted by molar-refractivity contribution is 0.624. The Bertz CT molecular complexity index is 469. The van der Waals surface area contributed by atoms with Crippen LogP contribution >= 0.6 is 11.8 Å². The summed E-state index contributed by atoms with van der Waals surface area (Å²) >= 11 is 1.56. The van der Waals surface area contributed by atoms with Crippen molar-refractivity contribution >= 4 is 17.4 Å². The molecule has 0 spiro atoms. The summed E-state index contributed by atoms with van der Waals surface area (Å²) < 4.78 is 25.8. The maximum atomic E-state index is 12.9. The predicted octanol–water partition coefficient (Wildman–Crippen LogP) is 4.17. The molecule has 2 aromatic carbocycles. The Morgan fingerprint density at radius 1 is 0.944 bits per heavy atom. The Labute approximate surface area is 109 Å². The molecule has 0 fully saturated rings. The normalized spacial score (nSPS) is 10.3. The van der Waals surface area contributed by atoms with Crippen molar-refractivity contribution in [3.63, 3.8) is 0 Å². The van der Waals surface area contributed by atoms with Crippen LogP contribution in [0.3, 0.4) is 0 Å². The second-order valence-corrected chi connectivity index (χ2v) is 4.91. The number of halogens is 2. The molecule has 0 unspecified atom stereocenters. The van der Waals surface area contributed by atoms with Crippen molar-refractivity contribution in [3.8, 4) is 0 Å². The quantitative estimate of drug-likeness (QED) is 0.643. The van der Waals surface area contributed by atoms with Crippen molar-refractivity contribution in [1.82, 2.24) is 0 Å². The van der Waals surface area contributed by atoms with Gasteiger partial charge in [0.15, 0.2) is 0 Å². The monoisotopic (exact) mass is 265 g/mol. The number of benzene rings is 2. The minimum absolute atomic E-state index is 0.224. The standard InChI is InChI=1S/C14H13F2NS/c15-11-3-1-5-13(9-11)17-7-8-18-14-6-2-4-12(16)10-14/h1-6,9-10,17H,7-8H2. The topological polar surface area (TPSA) is 12.0 Å². The molecule has 18 heavy (non-hydrogen) atoms. The Kier molecular flexibility index (Phi) is 4.59. The van der Waals surface area contributed by atoms with E-state index in [4.69, 9.17) is 0 Å². The zero-order valence-electron chi connectivity index (χ0n) is 9.70. The summed E-state index contributed by atoms with van der Waals surface area (Å²) in [6.07, 6.45) is 0. The third-order valence-corrected chi connectivity index (χ3v) is 3.32. The van der Waals surface area contributed by atoms with Gasteiger partial charge in [0.05, 0.1) is 0 Å². The number of rotatable bonds is 5. The first-order valence-electron chi connectivity index (χ1n) is 5.62. The summed E-state index contributed by atoms with van der Waals surface area (Å²) in [5, 5.41) is 3.12. The zero-order valence-corrected chi connectivity index (χ0v) is 10.5. The first kappa shape index (κ1) is 12.9. The first-order valence-corrected chi connectivity index (χ1v) is 6.60. The molecule has 1 nitrogen and oxygen atoms in total. The summed E-state index contributed by atoms with van der Waals surface area (Å²) in [7, 11) is 0. The Hall–Kier alpha value is -1.55. The molecular weight excluding hydrogens is 252 g/mol. The highest BCUT2D eigenvalue weighted by Crippen LogP contribution is 2.18. The molecule has 1 N–H and O–H groups in total. The zero-order chi connectivity index (χ0) is 12.8. The molecule has 0 amide bonds. The van der Waals surface area contributed by atoms with Gasteiger partial charge in [-0.2, -0.15) is 0 Å². The van der Waals surface area contributed by atoms with E-state index in [0.717, 1.165) is 16.3 Å². The van der Waals surface area contributed by atoms with Crippen molar-refractivity contribution < 1.29 is 8.78 Å². The lowest BCUT2D eigenvalue weighted by Crippen LogP contribution is -2.03. The van der Waals surface area contributed by atoms with Crippen LogP contribution in [0.25, 0.3) is 0 Å². The van der Waals surface area contributed by atoms with E-state index in [2.05, 4.69) is 5.32 Å². The molecule has 0 saturated carbocycles. The van der Waals surface area contributed by atoms with Gasteiger partial charge in [-0.1, -0.05) is 12.1 Å². The molecular formula is C14H13F2NS. The molecule has 0 aliphatic heterocycles. The molecule has 0 bridgehead atoms. The predicted molar refractivity (Wildman–Crippen MR) is 72.0 cm³/mol. The minimum atomic E-state index is -0.252. The molecule has 0 aliphatic carbocycles. The summed E-state index contributed by atoms with van der Waals surface area (Å²) in [5.41, 5.74) is 0.759. The molecule has 2 aromatic rings. The smallest absolute Gasteiger partial charge is 0.125 e. The van der Waals surface area contributed by atoms with E-state index in [0.29, 0.717) is 6.54 Å². The molecule has 94 valence electrons. The minimum Gasteiger partial charge on any atom is -0.384 e. The highest BCUT2D eigenvalue weighted by molar-refractivity contribution is 7.99. The van der Waals surface area contributed by atoms with Crippen LogP contribution in [0.2, 0.25) is 0 Å². The van der Waals surface area contributed by atoms with Crippen molar-refractivity contribution in [2.24, 2.45) is 0 Å². The third kappa shape index (κ3) is 4.04. The van der Waals surface area contributed by atoms with Crippen molar-refractivity contribution in [2.75, 3.05) is 17.6 Å². The van der Waals surface area contributed by atoms with Crippen LogP contribution in [-0.2, 0) is 0 Å². The maximum Gasteiger partial charge on any atom is 0.125 e. The molecule has 2 rings (SSSR count). The highest BCUT2D eigenvalue weighted by atomic mass is 32.2. The highest BCUT2D eigenvalue weighted by Gasteiger charge is 1.97. The Morgan fingerprint density at radius 2 is 1.67 bits per heavy atom. The molecule has 0 heterocycles. The summed E-state index contributed by atoms with van der Waals surface area (Å²) in [6, 6.07) is 12.8. The van der Waals surface area contributed by atoms with Gasteiger partial charge in [0.25, 0.3) is 0 Å². The first-order chi connectivity index (χ1) is 8.74. The van der Waals surface area contributed by atoms with E-state index in [1.165, 1.54) is 24.3 Å². The van der Waals surface area contributed by atoms with Crippen LogP contribution in [0.4, 0.5) is 14.5 Å². The lowest BCUT2D eigenvalue weighted by Gasteiger charge is -2.06. The number of thioether (sulfide) groups is 1. The number of hydrogen-bond acceptors (Lipinski definition) is 2. The van der Waals surface area contributed by atoms with E-state index in [1.807, 2.05) is 12.1 Å². The van der Waals surface area contributed by atoms with Gasteiger partial charge in [-0.3, -0.25) is 0 Å². The van der Waals surface area contributed by atoms with Gasteiger partial charge in [-0.05, 0) is 36.4 Å². The maximum absolute atomic E-state index is 12.9. The average molecular weight is 265 g/mol. The molecule has 0 aliphatic rings. The van der Waals surface area contributed by atoms with Gasteiger partial charge < -0.3 is 5.32 Å². The lowest BCUT2D eigenvalue weighted by atomic mass is 10.3. The Balaban J connectivity index is 1.76. The SMILES string of the molecule is Fc1cccc(NCCSc2cccc(F)c2)c1. The van der Waals surface area contributed by atoms with E-state index in [9.17, 15) is 8.78 Å². The van der Waals surface area contributed by atoms with Crippen molar-refractivity contribution in [1.29, 1.82) is 0 Å². The van der Waals surface area contributed by atoms with E-state index in [1.54, 1.807) is 23.9 Å². The van der Waals surface area contributed by atoms with Crippen LogP contribution in [0.15, 0.2) is 53.4 Å². The summed E-state index contributed by atoms with van der Waals surface area (Å²) in [4.78, 5) is 0.899. The summed E-state index contributed by atoms with van der Waals surface area (Å²) in [6.45, 7) is 0.699. The third-order valence-electron chi connectivity index (χ3n) is 2.32. The average Bonchev–Trinajstić information content (AvgIpc) is 2.35. The van der Waals surface area contributed by atoms with Crippen molar-refractivity contribution in [2.45, 2.75) is 4.90 Å². The fourth-order valence-electron chi connectivity index (χ4n) is 1.52. The van der Waals surface area contributed by atoms with Crippen molar-refractivity contribution in [3.05, 3.63) is 60.2 Å². The van der Waals surface area contributed by atoms with Gasteiger partial charge in [0, 0.05) is 22.9 Å². The number of anilines is 1. The fraction of sp³-hybridized carbons (Fsp3) is 0.143. The second-order valence-electron chi connectivity index (χ2n) is 3.74. The van der Waals surface area contributed by atoms with Crippen LogP contribution in [-0.4, -0.2) is 12.3 Å². The number of hydrogen-bond donors (Lipinski definition) is 1. The molecule has 4 heteroatoms. The van der Waals surface area contributed by atoms with E-state index in [-0.39, 0.29) is 11.6 Å². The van der Waals surface area contributed by atoms with Gasteiger partial charge in [-0.25, -0.2) is 8.78 Å².